The van der Waals surface area contributed by atoms with Gasteiger partial charge in [0, 0.05) is 7.05 Å². The van der Waals surface area contributed by atoms with E-state index >= 15 is 0 Å². The average molecular weight is 223 g/mol. The lowest BCUT2D eigenvalue weighted by atomic mass is 10.1. The molecule has 0 unspecified atom stereocenters. The zero-order chi connectivity index (χ0) is 12.6. The molecule has 0 aliphatic carbocycles. The third-order valence-electron chi connectivity index (χ3n) is 1.63. The molecular formula is C12H17NO3. The first kappa shape index (κ1) is 14.2. The topological polar surface area (TPSA) is 66.4 Å². The van der Waals surface area contributed by atoms with Crippen LogP contribution >= 0.6 is 0 Å². The highest BCUT2D eigenvalue weighted by atomic mass is 16.4. The van der Waals surface area contributed by atoms with E-state index in [-0.39, 0.29) is 11.1 Å². The van der Waals surface area contributed by atoms with Gasteiger partial charge in [0.05, 0.1) is 11.1 Å². The van der Waals surface area contributed by atoms with Crippen molar-refractivity contribution in [3.8, 4) is 0 Å². The molecule has 1 aromatic carbocycles. The molecule has 0 atom stereocenters. The summed E-state index contributed by atoms with van der Waals surface area (Å²) in [6, 6.07) is 6.07. The lowest BCUT2D eigenvalue weighted by molar-refractivity contribution is 0.0691. The molecule has 0 bridgehead atoms. The Labute approximate surface area is 95.3 Å². The first-order chi connectivity index (χ1) is 7.58. The van der Waals surface area contributed by atoms with Crippen molar-refractivity contribution < 1.29 is 14.7 Å². The zero-order valence-electron chi connectivity index (χ0n) is 9.78. The van der Waals surface area contributed by atoms with E-state index in [2.05, 4.69) is 19.2 Å². The van der Waals surface area contributed by atoms with Gasteiger partial charge in [0.1, 0.15) is 0 Å². The van der Waals surface area contributed by atoms with Gasteiger partial charge in [-0.3, -0.25) is 4.79 Å². The highest BCUT2D eigenvalue weighted by molar-refractivity contribution is 6.04. The zero-order valence-corrected chi connectivity index (χ0v) is 9.78. The summed E-state index contributed by atoms with van der Waals surface area (Å²) in [5, 5.41) is 11.1. The number of rotatable bonds is 2. The number of benzene rings is 1. The summed E-state index contributed by atoms with van der Waals surface area (Å²) in [6.07, 6.45) is 1.25. The third-order valence-corrected chi connectivity index (χ3v) is 1.63. The van der Waals surface area contributed by atoms with Crippen LogP contribution in [-0.4, -0.2) is 24.0 Å². The van der Waals surface area contributed by atoms with E-state index in [1.165, 1.54) is 25.6 Å². The van der Waals surface area contributed by atoms with Crippen LogP contribution in [0.4, 0.5) is 0 Å². The van der Waals surface area contributed by atoms with Gasteiger partial charge in [-0.15, -0.1) is 0 Å². The molecule has 1 amide bonds. The Morgan fingerprint density at radius 1 is 1.19 bits per heavy atom. The van der Waals surface area contributed by atoms with E-state index in [9.17, 15) is 9.59 Å². The molecule has 0 heterocycles. The van der Waals surface area contributed by atoms with E-state index < -0.39 is 11.9 Å². The summed E-state index contributed by atoms with van der Waals surface area (Å²) < 4.78 is 0. The Hall–Kier alpha value is -1.84. The van der Waals surface area contributed by atoms with Gasteiger partial charge in [0.15, 0.2) is 0 Å². The van der Waals surface area contributed by atoms with Crippen molar-refractivity contribution >= 4 is 11.9 Å². The van der Waals surface area contributed by atoms with Gasteiger partial charge >= 0.3 is 5.97 Å². The van der Waals surface area contributed by atoms with Gasteiger partial charge in [-0.05, 0) is 12.1 Å². The maximum Gasteiger partial charge on any atom is 0.336 e. The maximum absolute atomic E-state index is 11.2. The minimum absolute atomic E-state index is 0.0156. The van der Waals surface area contributed by atoms with Crippen molar-refractivity contribution in [2.75, 3.05) is 7.05 Å². The van der Waals surface area contributed by atoms with E-state index in [1.54, 1.807) is 12.1 Å². The van der Waals surface area contributed by atoms with E-state index in [4.69, 9.17) is 5.11 Å². The molecule has 88 valence electrons. The summed E-state index contributed by atoms with van der Waals surface area (Å²) in [7, 11) is 1.46. The molecule has 0 aliphatic rings. The second-order valence-electron chi connectivity index (χ2n) is 3.14. The standard InChI is InChI=1S/C9H9NO3.C3H8/c1-10-8(11)6-4-2-3-5-7(6)9(12)13;1-3-2/h2-5H,1H3,(H,10,11)(H,12,13);3H2,1-2H3. The first-order valence-corrected chi connectivity index (χ1v) is 5.12. The van der Waals surface area contributed by atoms with Crippen molar-refractivity contribution in [2.24, 2.45) is 0 Å². The molecule has 0 aliphatic heterocycles. The van der Waals surface area contributed by atoms with Crippen LogP contribution in [0.1, 0.15) is 41.0 Å². The molecule has 0 aromatic heterocycles. The predicted molar refractivity (Wildman–Crippen MR) is 62.8 cm³/mol. The van der Waals surface area contributed by atoms with Crippen LogP contribution in [0.3, 0.4) is 0 Å². The summed E-state index contributed by atoms with van der Waals surface area (Å²) in [6.45, 7) is 4.25. The van der Waals surface area contributed by atoms with Crippen LogP contribution in [0.5, 0.6) is 0 Å². The number of aromatic carboxylic acids is 1. The van der Waals surface area contributed by atoms with E-state index in [1.807, 2.05) is 0 Å². The summed E-state index contributed by atoms with van der Waals surface area (Å²) in [5.74, 6) is -1.49. The van der Waals surface area contributed by atoms with E-state index in [0.29, 0.717) is 0 Å². The molecule has 0 spiro atoms. The Morgan fingerprint density at radius 3 is 2.00 bits per heavy atom. The number of amides is 1. The monoisotopic (exact) mass is 223 g/mol. The largest absolute Gasteiger partial charge is 0.478 e. The van der Waals surface area contributed by atoms with Crippen molar-refractivity contribution in [2.45, 2.75) is 20.3 Å². The van der Waals surface area contributed by atoms with Crippen LogP contribution in [-0.2, 0) is 0 Å². The molecule has 4 heteroatoms. The normalized spacial score (nSPS) is 8.69. The van der Waals surface area contributed by atoms with Crippen molar-refractivity contribution in [3.63, 3.8) is 0 Å². The fraction of sp³-hybridized carbons (Fsp3) is 0.333. The minimum Gasteiger partial charge on any atom is -0.478 e. The molecule has 2 N–H and O–H groups in total. The fourth-order valence-electron chi connectivity index (χ4n) is 1.00. The van der Waals surface area contributed by atoms with E-state index in [0.717, 1.165) is 0 Å². The molecule has 16 heavy (non-hydrogen) atoms. The molecular weight excluding hydrogens is 206 g/mol. The number of hydrogen-bond acceptors (Lipinski definition) is 2. The van der Waals surface area contributed by atoms with Gasteiger partial charge in [0.2, 0.25) is 0 Å². The number of carbonyl (C=O) groups is 2. The lowest BCUT2D eigenvalue weighted by Crippen LogP contribution is -2.20. The second-order valence-corrected chi connectivity index (χ2v) is 3.14. The summed E-state index contributed by atoms with van der Waals surface area (Å²) >= 11 is 0. The highest BCUT2D eigenvalue weighted by Crippen LogP contribution is 2.07. The number of hydrogen-bond donors (Lipinski definition) is 2. The number of carboxylic acids is 1. The smallest absolute Gasteiger partial charge is 0.336 e. The molecule has 0 saturated heterocycles. The van der Waals surface area contributed by atoms with Crippen LogP contribution in [0.15, 0.2) is 24.3 Å². The highest BCUT2D eigenvalue weighted by Gasteiger charge is 2.13. The molecule has 4 nitrogen and oxygen atoms in total. The predicted octanol–water partition coefficient (Wildman–Crippen LogP) is 2.16. The maximum atomic E-state index is 11.2. The molecule has 1 aromatic rings. The number of carboxylic acid groups (broad SMARTS) is 1. The van der Waals surface area contributed by atoms with Crippen molar-refractivity contribution in [3.05, 3.63) is 35.4 Å². The van der Waals surface area contributed by atoms with Crippen LogP contribution in [0, 0.1) is 0 Å². The first-order valence-electron chi connectivity index (χ1n) is 5.12. The molecule has 0 saturated carbocycles. The van der Waals surface area contributed by atoms with Gasteiger partial charge < -0.3 is 10.4 Å². The van der Waals surface area contributed by atoms with Crippen LogP contribution in [0.25, 0.3) is 0 Å². The van der Waals surface area contributed by atoms with Crippen LogP contribution in [0.2, 0.25) is 0 Å². The van der Waals surface area contributed by atoms with Gasteiger partial charge in [0.25, 0.3) is 5.91 Å². The Balaban J connectivity index is 0.000000673. The SMILES string of the molecule is CCC.CNC(=O)c1ccccc1C(=O)O. The van der Waals surface area contributed by atoms with Gasteiger partial charge in [-0.2, -0.15) is 0 Å². The number of carbonyl (C=O) groups excluding carboxylic acids is 1. The van der Waals surface area contributed by atoms with Gasteiger partial charge in [-0.25, -0.2) is 4.79 Å². The molecule has 1 rings (SSSR count). The van der Waals surface area contributed by atoms with Crippen LogP contribution < -0.4 is 5.32 Å². The van der Waals surface area contributed by atoms with Crippen molar-refractivity contribution in [1.29, 1.82) is 0 Å². The quantitative estimate of drug-likeness (QED) is 0.807. The fourth-order valence-corrected chi connectivity index (χ4v) is 1.00. The number of nitrogens with one attached hydrogen (secondary N) is 1. The second kappa shape index (κ2) is 7.45. The molecule has 0 fully saturated rings. The third kappa shape index (κ3) is 4.13. The summed E-state index contributed by atoms with van der Waals surface area (Å²) in [5.41, 5.74) is 0.194. The summed E-state index contributed by atoms with van der Waals surface area (Å²) in [4.78, 5) is 21.8. The minimum atomic E-state index is -1.10. The Kier molecular flexibility index (Phi) is 6.59. The Bertz CT molecular complexity index is 361. The molecule has 0 radical (unpaired) electrons. The van der Waals surface area contributed by atoms with Crippen molar-refractivity contribution in [1.82, 2.24) is 5.32 Å². The lowest BCUT2D eigenvalue weighted by Gasteiger charge is -2.02. The average Bonchev–Trinajstić information content (AvgIpc) is 2.29. The Morgan fingerprint density at radius 2 is 1.62 bits per heavy atom. The van der Waals surface area contributed by atoms with Gasteiger partial charge in [-0.1, -0.05) is 32.4 Å².